The van der Waals surface area contributed by atoms with Crippen LogP contribution in [0.25, 0.3) is 17.1 Å². The minimum atomic E-state index is -0.133. The maximum atomic E-state index is 13.3. The smallest absolute Gasteiger partial charge is 0.284 e. The van der Waals surface area contributed by atoms with Crippen LogP contribution in [0.5, 0.6) is 0 Å². The van der Waals surface area contributed by atoms with Crippen molar-refractivity contribution >= 4 is 17.7 Å². The topological polar surface area (TPSA) is 81.8 Å². The molecule has 2 aromatic carbocycles. The van der Waals surface area contributed by atoms with Gasteiger partial charge in [-0.1, -0.05) is 66.7 Å². The van der Waals surface area contributed by atoms with Gasteiger partial charge in [0, 0.05) is 18.8 Å². The molecule has 0 atom stereocenters. The number of thioether (sulfide) groups is 1. The Bertz CT molecular complexity index is 1280. The van der Waals surface area contributed by atoms with Gasteiger partial charge in [0.25, 0.3) is 5.56 Å². The Morgan fingerprint density at radius 3 is 2.55 bits per heavy atom. The van der Waals surface area contributed by atoms with Gasteiger partial charge in [0.15, 0.2) is 11.0 Å². The Kier molecular flexibility index (Phi) is 6.26. The van der Waals surface area contributed by atoms with E-state index in [0.717, 1.165) is 54.3 Å². The molecule has 0 aromatic heterocycles. The fourth-order valence-corrected chi connectivity index (χ4v) is 5.06. The highest BCUT2D eigenvalue weighted by molar-refractivity contribution is 7.99. The average molecular weight is 460 g/mol. The molecule has 0 spiro atoms. The van der Waals surface area contributed by atoms with Gasteiger partial charge in [0.05, 0.1) is 11.4 Å². The second kappa shape index (κ2) is 9.62. The summed E-state index contributed by atoms with van der Waals surface area (Å²) in [6, 6.07) is 19.3. The SMILES string of the molecule is O=C(CSc1nc2nn(-c3ccccc3)c(=O)c-2c2n1CCCCC2)NCc1ccccc1. The van der Waals surface area contributed by atoms with Crippen LogP contribution in [-0.2, 0) is 24.3 Å². The van der Waals surface area contributed by atoms with Crippen molar-refractivity contribution in [2.75, 3.05) is 5.75 Å². The number of aromatic nitrogens is 4. The zero-order valence-electron chi connectivity index (χ0n) is 18.2. The summed E-state index contributed by atoms with van der Waals surface area (Å²) in [5.41, 5.74) is 3.23. The molecular weight excluding hydrogens is 434 g/mol. The van der Waals surface area contributed by atoms with Gasteiger partial charge in [0.1, 0.15) is 5.56 Å². The molecule has 5 rings (SSSR count). The average Bonchev–Trinajstić information content (AvgIpc) is 3.01. The molecule has 8 heteroatoms. The van der Waals surface area contributed by atoms with Crippen molar-refractivity contribution in [1.29, 1.82) is 0 Å². The third-order valence-corrected chi connectivity index (χ3v) is 6.81. The Morgan fingerprint density at radius 2 is 1.76 bits per heavy atom. The summed E-state index contributed by atoms with van der Waals surface area (Å²) in [7, 11) is 0. The summed E-state index contributed by atoms with van der Waals surface area (Å²) < 4.78 is 3.56. The van der Waals surface area contributed by atoms with Crippen molar-refractivity contribution in [3.8, 4) is 17.1 Å². The van der Waals surface area contributed by atoms with Gasteiger partial charge < -0.3 is 9.88 Å². The Hall–Kier alpha value is -3.39. The lowest BCUT2D eigenvalue weighted by atomic mass is 10.1. The molecule has 3 aliphatic heterocycles. The van der Waals surface area contributed by atoms with E-state index in [1.54, 1.807) is 0 Å². The third-order valence-electron chi connectivity index (χ3n) is 5.83. The van der Waals surface area contributed by atoms with Crippen LogP contribution in [-0.4, -0.2) is 31.0 Å². The fraction of sp³-hybridized carbons (Fsp3) is 0.280. The number of para-hydroxylation sites is 1. The lowest BCUT2D eigenvalue weighted by molar-refractivity contribution is -0.118. The van der Waals surface area contributed by atoms with Crippen molar-refractivity contribution in [2.45, 2.75) is 43.9 Å². The molecule has 168 valence electrons. The van der Waals surface area contributed by atoms with Crippen LogP contribution in [0, 0.1) is 0 Å². The molecular formula is C25H25N5O2S. The molecule has 1 amide bonds. The number of amides is 1. The molecule has 0 saturated heterocycles. The van der Waals surface area contributed by atoms with E-state index in [2.05, 4.69) is 15.0 Å². The molecule has 3 aliphatic rings. The maximum Gasteiger partial charge on any atom is 0.284 e. The minimum absolute atomic E-state index is 0.0481. The van der Waals surface area contributed by atoms with Gasteiger partial charge in [-0.3, -0.25) is 9.59 Å². The fourth-order valence-electron chi connectivity index (χ4n) is 4.19. The predicted octanol–water partition coefficient (Wildman–Crippen LogP) is 3.67. The van der Waals surface area contributed by atoms with Crippen molar-refractivity contribution in [2.24, 2.45) is 0 Å². The van der Waals surface area contributed by atoms with E-state index in [9.17, 15) is 9.59 Å². The Labute approximate surface area is 196 Å². The molecule has 0 fully saturated rings. The van der Waals surface area contributed by atoms with Crippen LogP contribution < -0.4 is 10.9 Å². The third kappa shape index (κ3) is 4.57. The largest absolute Gasteiger partial charge is 0.351 e. The first kappa shape index (κ1) is 21.5. The van der Waals surface area contributed by atoms with Gasteiger partial charge in [-0.15, -0.1) is 5.10 Å². The number of hydrogen-bond donors (Lipinski definition) is 1. The van der Waals surface area contributed by atoms with Gasteiger partial charge in [-0.25, -0.2) is 4.98 Å². The second-order valence-electron chi connectivity index (χ2n) is 8.11. The van der Waals surface area contributed by atoms with Crippen LogP contribution >= 0.6 is 11.8 Å². The van der Waals surface area contributed by atoms with Crippen LogP contribution in [0.3, 0.4) is 0 Å². The molecule has 33 heavy (non-hydrogen) atoms. The first-order valence-corrected chi connectivity index (χ1v) is 12.2. The highest BCUT2D eigenvalue weighted by atomic mass is 32.2. The number of carbonyl (C=O) groups excluding carboxylic acids is 1. The first-order valence-electron chi connectivity index (χ1n) is 11.2. The summed E-state index contributed by atoms with van der Waals surface area (Å²) in [4.78, 5) is 30.5. The molecule has 1 N–H and O–H groups in total. The minimum Gasteiger partial charge on any atom is -0.351 e. The molecule has 2 aromatic rings. The monoisotopic (exact) mass is 459 g/mol. The van der Waals surface area contributed by atoms with E-state index in [0.29, 0.717) is 17.9 Å². The lowest BCUT2D eigenvalue weighted by Gasteiger charge is -2.17. The summed E-state index contributed by atoms with van der Waals surface area (Å²) in [6.07, 6.45) is 3.96. The Balaban J connectivity index is 1.43. The molecule has 0 bridgehead atoms. The Morgan fingerprint density at radius 1 is 1.00 bits per heavy atom. The molecule has 7 nitrogen and oxygen atoms in total. The molecule has 0 unspecified atom stereocenters. The number of hydrogen-bond acceptors (Lipinski definition) is 5. The van der Waals surface area contributed by atoms with Crippen molar-refractivity contribution in [1.82, 2.24) is 24.6 Å². The summed E-state index contributed by atoms with van der Waals surface area (Å²) >= 11 is 1.40. The lowest BCUT2D eigenvalue weighted by Crippen LogP contribution is -2.25. The standard InChI is InChI=1S/C25H25N5O2S/c31-21(26-16-18-10-4-1-5-11-18)17-33-25-27-23-22(20-14-8-3-9-15-29(20)25)24(32)30(28-23)19-12-6-2-7-13-19/h1-2,4-7,10-13H,3,8-9,14-17H2,(H,26,31). The van der Waals surface area contributed by atoms with Crippen LogP contribution in [0.1, 0.15) is 30.5 Å². The van der Waals surface area contributed by atoms with E-state index in [-0.39, 0.29) is 17.2 Å². The van der Waals surface area contributed by atoms with Crippen molar-refractivity contribution in [3.63, 3.8) is 0 Å². The summed E-state index contributed by atoms with van der Waals surface area (Å²) in [5, 5.41) is 8.26. The summed E-state index contributed by atoms with van der Waals surface area (Å²) in [6.45, 7) is 1.29. The normalized spacial score (nSPS) is 13.5. The highest BCUT2D eigenvalue weighted by Gasteiger charge is 2.27. The molecule has 3 heterocycles. The van der Waals surface area contributed by atoms with Gasteiger partial charge in [-0.2, -0.15) is 4.68 Å². The van der Waals surface area contributed by atoms with Crippen LogP contribution in [0.4, 0.5) is 0 Å². The number of fused-ring (bicyclic) bond motifs is 3. The quantitative estimate of drug-likeness (QED) is 0.351. The molecule has 0 radical (unpaired) electrons. The van der Waals surface area contributed by atoms with E-state index >= 15 is 0 Å². The number of rotatable bonds is 6. The zero-order valence-corrected chi connectivity index (χ0v) is 19.1. The van der Waals surface area contributed by atoms with Crippen LogP contribution in [0.2, 0.25) is 0 Å². The summed E-state index contributed by atoms with van der Waals surface area (Å²) in [5.74, 6) is 0.659. The van der Waals surface area contributed by atoms with E-state index in [1.807, 2.05) is 60.7 Å². The van der Waals surface area contributed by atoms with Gasteiger partial charge >= 0.3 is 0 Å². The zero-order chi connectivity index (χ0) is 22.6. The van der Waals surface area contributed by atoms with Crippen molar-refractivity contribution in [3.05, 3.63) is 82.3 Å². The van der Waals surface area contributed by atoms with Crippen LogP contribution in [0.15, 0.2) is 70.6 Å². The number of nitrogens with one attached hydrogen (secondary N) is 1. The molecule has 0 saturated carbocycles. The first-order chi connectivity index (χ1) is 16.2. The number of nitrogens with zero attached hydrogens (tertiary/aromatic N) is 4. The highest BCUT2D eigenvalue weighted by Crippen LogP contribution is 2.30. The van der Waals surface area contributed by atoms with Crippen molar-refractivity contribution < 1.29 is 4.79 Å². The van der Waals surface area contributed by atoms with E-state index in [1.165, 1.54) is 16.4 Å². The van der Waals surface area contributed by atoms with E-state index < -0.39 is 0 Å². The maximum absolute atomic E-state index is 13.3. The second-order valence-corrected chi connectivity index (χ2v) is 9.05. The van der Waals surface area contributed by atoms with E-state index in [4.69, 9.17) is 4.98 Å². The molecule has 0 aliphatic carbocycles. The van der Waals surface area contributed by atoms with Gasteiger partial charge in [0.2, 0.25) is 5.91 Å². The number of carbonyl (C=O) groups is 1. The number of benzene rings is 2. The van der Waals surface area contributed by atoms with Gasteiger partial charge in [-0.05, 0) is 37.0 Å². The predicted molar refractivity (Wildman–Crippen MR) is 129 cm³/mol.